The minimum absolute atomic E-state index is 0.101. The van der Waals surface area contributed by atoms with Crippen molar-refractivity contribution in [1.82, 2.24) is 10.1 Å². The normalized spacial score (nSPS) is 11.3. The molecule has 102 valence electrons. The highest BCUT2D eigenvalue weighted by Crippen LogP contribution is 2.34. The molecular formula is C14H12N2O3S. The molecule has 3 rings (SSSR count). The van der Waals surface area contributed by atoms with Crippen LogP contribution in [0.3, 0.4) is 0 Å². The number of carboxylic acid groups (broad SMARTS) is 1. The molecule has 1 aromatic carbocycles. The molecule has 0 fully saturated rings. The van der Waals surface area contributed by atoms with E-state index >= 15 is 0 Å². The average Bonchev–Trinajstić information content (AvgIpc) is 3.05. The number of aromatic carboxylic acids is 1. The second-order valence-electron chi connectivity index (χ2n) is 4.74. The Morgan fingerprint density at radius 2 is 2.20 bits per heavy atom. The fraction of sp³-hybridized carbons (Fsp3) is 0.214. The first-order chi connectivity index (χ1) is 9.56. The van der Waals surface area contributed by atoms with Crippen molar-refractivity contribution < 1.29 is 14.4 Å². The van der Waals surface area contributed by atoms with Gasteiger partial charge in [-0.25, -0.2) is 9.78 Å². The van der Waals surface area contributed by atoms with Crippen LogP contribution in [0.2, 0.25) is 0 Å². The summed E-state index contributed by atoms with van der Waals surface area (Å²) in [5.74, 6) is -0.327. The van der Waals surface area contributed by atoms with Crippen LogP contribution < -0.4 is 0 Å². The maximum absolute atomic E-state index is 10.9. The van der Waals surface area contributed by atoms with Gasteiger partial charge in [0.2, 0.25) is 0 Å². The highest BCUT2D eigenvalue weighted by Gasteiger charge is 2.17. The molecule has 2 heterocycles. The second-order valence-corrected chi connectivity index (χ2v) is 5.80. The Labute approximate surface area is 118 Å². The number of para-hydroxylation sites is 1. The van der Waals surface area contributed by atoms with Crippen molar-refractivity contribution in [3.8, 4) is 11.3 Å². The summed E-state index contributed by atoms with van der Waals surface area (Å²) in [5, 5.41) is 13.5. The van der Waals surface area contributed by atoms with Gasteiger partial charge in [-0.05, 0) is 12.1 Å². The highest BCUT2D eigenvalue weighted by molar-refractivity contribution is 7.18. The van der Waals surface area contributed by atoms with Crippen LogP contribution in [0.25, 0.3) is 21.5 Å². The van der Waals surface area contributed by atoms with Gasteiger partial charge in [0.1, 0.15) is 0 Å². The minimum atomic E-state index is -1.10. The van der Waals surface area contributed by atoms with Crippen LogP contribution in [0.4, 0.5) is 0 Å². The molecular weight excluding hydrogens is 276 g/mol. The van der Waals surface area contributed by atoms with Gasteiger partial charge in [-0.3, -0.25) is 0 Å². The zero-order valence-corrected chi connectivity index (χ0v) is 11.8. The molecule has 6 heteroatoms. The second kappa shape index (κ2) is 4.72. The van der Waals surface area contributed by atoms with Gasteiger partial charge in [-0.15, -0.1) is 11.3 Å². The first-order valence-corrected chi connectivity index (χ1v) is 6.97. The molecule has 0 aliphatic rings. The van der Waals surface area contributed by atoms with Crippen LogP contribution in [0, 0.1) is 0 Å². The zero-order valence-electron chi connectivity index (χ0n) is 11.0. The van der Waals surface area contributed by atoms with Crippen molar-refractivity contribution in [2.24, 2.45) is 0 Å². The maximum Gasteiger partial charge on any atom is 0.358 e. The Morgan fingerprint density at radius 3 is 2.85 bits per heavy atom. The van der Waals surface area contributed by atoms with Crippen molar-refractivity contribution in [3.63, 3.8) is 0 Å². The van der Waals surface area contributed by atoms with Crippen LogP contribution in [0.5, 0.6) is 0 Å². The molecule has 0 bridgehead atoms. The number of carbonyl (C=O) groups is 1. The SMILES string of the molecule is CC(C)c1nc2c(-c3cc(C(=O)O)no3)cccc2s1. The van der Waals surface area contributed by atoms with Gasteiger partial charge in [0.15, 0.2) is 11.5 Å². The van der Waals surface area contributed by atoms with Crippen LogP contribution in [-0.4, -0.2) is 21.2 Å². The number of aromatic nitrogens is 2. The Hall–Kier alpha value is -2.21. The van der Waals surface area contributed by atoms with Gasteiger partial charge >= 0.3 is 5.97 Å². The molecule has 0 saturated heterocycles. The number of nitrogens with zero attached hydrogens (tertiary/aromatic N) is 2. The molecule has 0 aliphatic heterocycles. The van der Waals surface area contributed by atoms with Gasteiger partial charge in [0.05, 0.1) is 15.2 Å². The van der Waals surface area contributed by atoms with Crippen LogP contribution in [-0.2, 0) is 0 Å². The van der Waals surface area contributed by atoms with Crippen molar-refractivity contribution in [2.75, 3.05) is 0 Å². The lowest BCUT2D eigenvalue weighted by atomic mass is 10.1. The molecule has 0 spiro atoms. The largest absolute Gasteiger partial charge is 0.476 e. The lowest BCUT2D eigenvalue weighted by Gasteiger charge is -1.96. The van der Waals surface area contributed by atoms with E-state index < -0.39 is 5.97 Å². The standard InChI is InChI=1S/C14H12N2O3S/c1-7(2)13-15-12-8(4-3-5-11(12)20-13)10-6-9(14(17)18)16-19-10/h3-7H,1-2H3,(H,17,18). The Kier molecular flexibility index (Phi) is 3.02. The van der Waals surface area contributed by atoms with Crippen LogP contribution in [0.15, 0.2) is 28.8 Å². The molecule has 1 N–H and O–H groups in total. The Bertz CT molecular complexity index is 789. The van der Waals surface area contributed by atoms with Gasteiger partial charge in [-0.1, -0.05) is 25.1 Å². The van der Waals surface area contributed by atoms with Gasteiger partial charge in [0, 0.05) is 17.5 Å². The molecule has 5 nitrogen and oxygen atoms in total. The summed E-state index contributed by atoms with van der Waals surface area (Å²) in [6.45, 7) is 4.18. The van der Waals surface area contributed by atoms with E-state index in [2.05, 4.69) is 24.0 Å². The number of carboxylic acids is 1. The lowest BCUT2D eigenvalue weighted by Crippen LogP contribution is -1.94. The molecule has 0 amide bonds. The van der Waals surface area contributed by atoms with E-state index in [9.17, 15) is 4.79 Å². The van der Waals surface area contributed by atoms with E-state index in [1.165, 1.54) is 6.07 Å². The molecule has 20 heavy (non-hydrogen) atoms. The summed E-state index contributed by atoms with van der Waals surface area (Å²) in [6.07, 6.45) is 0. The summed E-state index contributed by atoms with van der Waals surface area (Å²) in [7, 11) is 0. The number of rotatable bonds is 3. The third kappa shape index (κ3) is 2.08. The zero-order chi connectivity index (χ0) is 14.3. The first kappa shape index (κ1) is 12.8. The summed E-state index contributed by atoms with van der Waals surface area (Å²) in [5.41, 5.74) is 1.50. The van der Waals surface area contributed by atoms with Crippen LogP contribution in [0.1, 0.15) is 35.3 Å². The van der Waals surface area contributed by atoms with Crippen molar-refractivity contribution in [1.29, 1.82) is 0 Å². The predicted molar refractivity (Wildman–Crippen MR) is 76.2 cm³/mol. The Morgan fingerprint density at radius 1 is 1.40 bits per heavy atom. The summed E-state index contributed by atoms with van der Waals surface area (Å²) in [6, 6.07) is 7.18. The average molecular weight is 288 g/mol. The maximum atomic E-state index is 10.9. The number of hydrogen-bond donors (Lipinski definition) is 1. The van der Waals surface area contributed by atoms with E-state index in [-0.39, 0.29) is 5.69 Å². The quantitative estimate of drug-likeness (QED) is 0.793. The third-order valence-electron chi connectivity index (χ3n) is 2.92. The number of thiazole rings is 1. The molecule has 0 radical (unpaired) electrons. The first-order valence-electron chi connectivity index (χ1n) is 6.16. The smallest absolute Gasteiger partial charge is 0.358 e. The fourth-order valence-corrected chi connectivity index (χ4v) is 2.91. The minimum Gasteiger partial charge on any atom is -0.476 e. The van der Waals surface area contributed by atoms with Gasteiger partial charge in [0.25, 0.3) is 0 Å². The van der Waals surface area contributed by atoms with Crippen LogP contribution >= 0.6 is 11.3 Å². The third-order valence-corrected chi connectivity index (χ3v) is 4.25. The number of fused-ring (bicyclic) bond motifs is 1. The predicted octanol–water partition coefficient (Wildman–Crippen LogP) is 3.77. The monoisotopic (exact) mass is 288 g/mol. The summed E-state index contributed by atoms with van der Waals surface area (Å²) in [4.78, 5) is 15.5. The van der Waals surface area contributed by atoms with Crippen molar-refractivity contribution in [2.45, 2.75) is 19.8 Å². The molecule has 3 aromatic rings. The van der Waals surface area contributed by atoms with E-state index in [4.69, 9.17) is 9.63 Å². The lowest BCUT2D eigenvalue weighted by molar-refractivity contribution is 0.0686. The van der Waals surface area contributed by atoms with Gasteiger partial charge < -0.3 is 9.63 Å². The molecule has 2 aromatic heterocycles. The van der Waals surface area contributed by atoms with Crippen molar-refractivity contribution >= 4 is 27.5 Å². The highest BCUT2D eigenvalue weighted by atomic mass is 32.1. The van der Waals surface area contributed by atoms with E-state index in [1.807, 2.05) is 18.2 Å². The molecule has 0 unspecified atom stereocenters. The van der Waals surface area contributed by atoms with E-state index in [0.717, 1.165) is 20.8 Å². The van der Waals surface area contributed by atoms with Gasteiger partial charge in [-0.2, -0.15) is 0 Å². The number of benzene rings is 1. The number of hydrogen-bond acceptors (Lipinski definition) is 5. The topological polar surface area (TPSA) is 76.2 Å². The Balaban J connectivity index is 2.17. The molecule has 0 saturated carbocycles. The van der Waals surface area contributed by atoms with E-state index in [0.29, 0.717) is 11.7 Å². The van der Waals surface area contributed by atoms with Crippen molar-refractivity contribution in [3.05, 3.63) is 35.0 Å². The van der Waals surface area contributed by atoms with E-state index in [1.54, 1.807) is 11.3 Å². The summed E-state index contributed by atoms with van der Waals surface area (Å²) >= 11 is 1.64. The molecule has 0 atom stereocenters. The molecule has 0 aliphatic carbocycles. The summed E-state index contributed by atoms with van der Waals surface area (Å²) < 4.78 is 6.18. The fourth-order valence-electron chi connectivity index (χ4n) is 1.91.